The van der Waals surface area contributed by atoms with Crippen LogP contribution in [0.4, 0.5) is 0 Å². The van der Waals surface area contributed by atoms with Gasteiger partial charge in [-0.25, -0.2) is 0 Å². The van der Waals surface area contributed by atoms with E-state index in [2.05, 4.69) is 0 Å². The molecule has 0 saturated heterocycles. The fraction of sp³-hybridized carbons (Fsp3) is 0.600. The van der Waals surface area contributed by atoms with Gasteiger partial charge in [0.2, 0.25) is 5.91 Å². The van der Waals surface area contributed by atoms with Gasteiger partial charge in [0, 0.05) is 0 Å². The van der Waals surface area contributed by atoms with E-state index in [0.717, 1.165) is 0 Å². The lowest BCUT2D eigenvalue weighted by atomic mass is 10.3. The molecule has 1 fully saturated rings. The van der Waals surface area contributed by atoms with E-state index in [1.807, 2.05) is 0 Å². The molecule has 2 atom stereocenters. The summed E-state index contributed by atoms with van der Waals surface area (Å²) in [5.41, 5.74) is 4.82. The zero-order valence-electron chi connectivity index (χ0n) is 4.70. The Balaban J connectivity index is 2.42. The number of primary amides is 1. The number of rotatable bonds is 2. The summed E-state index contributed by atoms with van der Waals surface area (Å²) in [4.78, 5) is 20.3. The Hall–Kier alpha value is -1.06. The van der Waals surface area contributed by atoms with Crippen LogP contribution in [-0.2, 0) is 9.59 Å². The van der Waals surface area contributed by atoms with E-state index in [4.69, 9.17) is 10.8 Å². The lowest BCUT2D eigenvalue weighted by Crippen LogP contribution is -2.16. The van der Waals surface area contributed by atoms with E-state index in [1.165, 1.54) is 0 Å². The van der Waals surface area contributed by atoms with Crippen molar-refractivity contribution >= 4 is 11.9 Å². The van der Waals surface area contributed by atoms with Crippen molar-refractivity contribution in [2.75, 3.05) is 0 Å². The van der Waals surface area contributed by atoms with Crippen molar-refractivity contribution in [3.63, 3.8) is 0 Å². The van der Waals surface area contributed by atoms with Gasteiger partial charge in [-0.3, -0.25) is 9.59 Å². The number of carboxylic acids is 1. The molecule has 1 saturated carbocycles. The zero-order valence-corrected chi connectivity index (χ0v) is 4.70. The van der Waals surface area contributed by atoms with Crippen LogP contribution in [0.2, 0.25) is 0 Å². The molecule has 0 aliphatic heterocycles. The van der Waals surface area contributed by atoms with Crippen LogP contribution >= 0.6 is 0 Å². The minimum atomic E-state index is -0.918. The minimum Gasteiger partial charge on any atom is -0.481 e. The summed E-state index contributed by atoms with van der Waals surface area (Å²) in [6.45, 7) is 0. The molecule has 0 radical (unpaired) electrons. The second-order valence-corrected chi connectivity index (χ2v) is 2.19. The summed E-state index contributed by atoms with van der Waals surface area (Å²) in [6, 6.07) is 0. The van der Waals surface area contributed by atoms with Crippen LogP contribution in [0.3, 0.4) is 0 Å². The second-order valence-electron chi connectivity index (χ2n) is 2.19. The molecule has 4 heteroatoms. The normalized spacial score (nSPS) is 31.6. The molecule has 0 heterocycles. The number of carbonyl (C=O) groups is 2. The van der Waals surface area contributed by atoms with Crippen molar-refractivity contribution in [1.29, 1.82) is 0 Å². The van der Waals surface area contributed by atoms with Crippen molar-refractivity contribution in [3.8, 4) is 0 Å². The topological polar surface area (TPSA) is 80.4 Å². The summed E-state index contributed by atoms with van der Waals surface area (Å²) < 4.78 is 0. The Morgan fingerprint density at radius 2 is 2.00 bits per heavy atom. The average Bonchev–Trinajstić information content (AvgIpc) is 2.39. The minimum absolute atomic E-state index is 0.400. The van der Waals surface area contributed by atoms with E-state index in [9.17, 15) is 9.59 Å². The molecular formula is C5H7NO3. The van der Waals surface area contributed by atoms with Gasteiger partial charge in [-0.2, -0.15) is 0 Å². The Kier molecular flexibility index (Phi) is 1.16. The number of hydrogen-bond donors (Lipinski definition) is 2. The van der Waals surface area contributed by atoms with E-state index in [0.29, 0.717) is 6.42 Å². The molecule has 0 aromatic heterocycles. The molecule has 1 amide bonds. The molecule has 0 aromatic carbocycles. The van der Waals surface area contributed by atoms with E-state index >= 15 is 0 Å². The fourth-order valence-electron chi connectivity index (χ4n) is 0.782. The first-order chi connectivity index (χ1) is 4.13. The van der Waals surface area contributed by atoms with Gasteiger partial charge < -0.3 is 10.8 Å². The number of carboxylic acid groups (broad SMARTS) is 1. The first kappa shape index (κ1) is 6.07. The van der Waals surface area contributed by atoms with Crippen LogP contribution in [0.1, 0.15) is 6.42 Å². The Morgan fingerprint density at radius 1 is 1.44 bits per heavy atom. The van der Waals surface area contributed by atoms with E-state index < -0.39 is 23.7 Å². The van der Waals surface area contributed by atoms with Crippen LogP contribution in [0.15, 0.2) is 0 Å². The summed E-state index contributed by atoms with van der Waals surface area (Å²) in [6.07, 6.45) is 0.421. The molecule has 1 aliphatic rings. The maximum absolute atomic E-state index is 10.2. The summed E-state index contributed by atoms with van der Waals surface area (Å²) in [5, 5.41) is 8.26. The Labute approximate surface area is 51.7 Å². The highest BCUT2D eigenvalue weighted by atomic mass is 16.4. The van der Waals surface area contributed by atoms with Crippen LogP contribution in [-0.4, -0.2) is 17.0 Å². The third kappa shape index (κ3) is 1.01. The highest BCUT2D eigenvalue weighted by Crippen LogP contribution is 2.37. The van der Waals surface area contributed by atoms with Gasteiger partial charge >= 0.3 is 5.97 Å². The predicted molar refractivity (Wildman–Crippen MR) is 28.4 cm³/mol. The van der Waals surface area contributed by atoms with Crippen molar-refractivity contribution in [2.45, 2.75) is 6.42 Å². The first-order valence-electron chi connectivity index (χ1n) is 2.65. The number of nitrogens with two attached hydrogens (primary N) is 1. The Bertz CT molecular complexity index is 148. The van der Waals surface area contributed by atoms with Crippen molar-refractivity contribution in [2.24, 2.45) is 17.6 Å². The number of aliphatic carboxylic acids is 1. The van der Waals surface area contributed by atoms with Gasteiger partial charge in [0.25, 0.3) is 0 Å². The van der Waals surface area contributed by atoms with Crippen LogP contribution in [0.25, 0.3) is 0 Å². The number of hydrogen-bond acceptors (Lipinski definition) is 2. The Morgan fingerprint density at radius 3 is 2.11 bits per heavy atom. The highest BCUT2D eigenvalue weighted by Gasteiger charge is 2.47. The van der Waals surface area contributed by atoms with E-state index in [-0.39, 0.29) is 0 Å². The average molecular weight is 129 g/mol. The lowest BCUT2D eigenvalue weighted by Gasteiger charge is -1.85. The molecule has 3 N–H and O–H groups in total. The molecule has 0 aromatic rings. The summed E-state index contributed by atoms with van der Waals surface area (Å²) >= 11 is 0. The van der Waals surface area contributed by atoms with Gasteiger partial charge in [-0.05, 0) is 6.42 Å². The molecule has 9 heavy (non-hydrogen) atoms. The zero-order chi connectivity index (χ0) is 7.02. The van der Waals surface area contributed by atoms with Gasteiger partial charge in [0.05, 0.1) is 11.8 Å². The van der Waals surface area contributed by atoms with Gasteiger partial charge in [0.1, 0.15) is 0 Å². The second kappa shape index (κ2) is 1.72. The highest BCUT2D eigenvalue weighted by molar-refractivity contribution is 5.88. The fourth-order valence-corrected chi connectivity index (χ4v) is 0.782. The smallest absolute Gasteiger partial charge is 0.307 e. The van der Waals surface area contributed by atoms with Crippen molar-refractivity contribution in [3.05, 3.63) is 0 Å². The molecule has 0 unspecified atom stereocenters. The predicted octanol–water partition coefficient (Wildman–Crippen LogP) is -0.808. The molecular weight excluding hydrogens is 122 g/mol. The van der Waals surface area contributed by atoms with Gasteiger partial charge in [-0.1, -0.05) is 0 Å². The SMILES string of the molecule is NC(=O)[C@@H]1C[C@@H]1C(=O)O. The van der Waals surface area contributed by atoms with Crippen LogP contribution in [0.5, 0.6) is 0 Å². The van der Waals surface area contributed by atoms with Gasteiger partial charge in [-0.15, -0.1) is 0 Å². The van der Waals surface area contributed by atoms with Crippen molar-refractivity contribution < 1.29 is 14.7 Å². The molecule has 0 spiro atoms. The lowest BCUT2D eigenvalue weighted by molar-refractivity contribution is -0.139. The molecule has 1 aliphatic carbocycles. The third-order valence-corrected chi connectivity index (χ3v) is 1.47. The standard InChI is InChI=1S/C5H7NO3/c6-4(7)2-1-3(2)5(8)9/h2-3H,1H2,(H2,6,7)(H,8,9)/t2-,3+/m1/s1. The van der Waals surface area contributed by atoms with E-state index in [1.54, 1.807) is 0 Å². The summed E-state index contributed by atoms with van der Waals surface area (Å²) in [5.74, 6) is -2.31. The number of carbonyl (C=O) groups excluding carboxylic acids is 1. The largest absolute Gasteiger partial charge is 0.481 e. The number of amides is 1. The van der Waals surface area contributed by atoms with Gasteiger partial charge in [0.15, 0.2) is 0 Å². The maximum atomic E-state index is 10.2. The summed E-state index contributed by atoms with van der Waals surface area (Å²) in [7, 11) is 0. The van der Waals surface area contributed by atoms with Crippen LogP contribution in [0, 0.1) is 11.8 Å². The van der Waals surface area contributed by atoms with Crippen LogP contribution < -0.4 is 5.73 Å². The monoisotopic (exact) mass is 129 g/mol. The maximum Gasteiger partial charge on any atom is 0.307 e. The van der Waals surface area contributed by atoms with Crippen molar-refractivity contribution in [1.82, 2.24) is 0 Å². The molecule has 1 rings (SSSR count). The quantitative estimate of drug-likeness (QED) is 0.511. The molecule has 50 valence electrons. The first-order valence-corrected chi connectivity index (χ1v) is 2.65. The molecule has 4 nitrogen and oxygen atoms in total. The molecule has 0 bridgehead atoms. The third-order valence-electron chi connectivity index (χ3n) is 1.47.